The lowest BCUT2D eigenvalue weighted by atomic mass is 10.2. The van der Waals surface area contributed by atoms with Gasteiger partial charge in [-0.1, -0.05) is 6.07 Å². The number of aliphatic hydroxyl groups is 1. The van der Waals surface area contributed by atoms with Crippen molar-refractivity contribution in [3.05, 3.63) is 30.1 Å². The van der Waals surface area contributed by atoms with E-state index in [0.717, 1.165) is 30.3 Å². The summed E-state index contributed by atoms with van der Waals surface area (Å²) < 4.78 is 0. The zero-order chi connectivity index (χ0) is 11.9. The lowest BCUT2D eigenvalue weighted by Gasteiger charge is -2.16. The molecular weight excluding hydrogens is 220 g/mol. The van der Waals surface area contributed by atoms with Crippen molar-refractivity contribution in [2.45, 2.75) is 26.0 Å². The number of aromatic nitrogens is 1. The minimum Gasteiger partial charge on any atom is -0.390 e. The molecule has 0 aliphatic carbocycles. The second-order valence-electron chi connectivity index (χ2n) is 4.36. The smallest absolute Gasteiger partial charge is 0.0681 e. The van der Waals surface area contributed by atoms with Crippen molar-refractivity contribution in [1.82, 2.24) is 10.3 Å². The third kappa shape index (κ3) is 6.82. The van der Waals surface area contributed by atoms with Crippen LogP contribution in [0.4, 0.5) is 0 Å². The molecule has 1 rings (SSSR count). The highest BCUT2D eigenvalue weighted by Gasteiger charge is 2.11. The maximum atomic E-state index is 9.50. The molecule has 3 nitrogen and oxygen atoms in total. The summed E-state index contributed by atoms with van der Waals surface area (Å²) in [5.74, 6) is 1.79. The monoisotopic (exact) mass is 240 g/mol. The first-order valence-electron chi connectivity index (χ1n) is 5.49. The summed E-state index contributed by atoms with van der Waals surface area (Å²) >= 11 is 1.76. The summed E-state index contributed by atoms with van der Waals surface area (Å²) in [7, 11) is 0. The molecule has 0 amide bonds. The van der Waals surface area contributed by atoms with E-state index >= 15 is 0 Å². The molecule has 0 saturated heterocycles. The molecule has 16 heavy (non-hydrogen) atoms. The van der Waals surface area contributed by atoms with E-state index in [9.17, 15) is 5.11 Å². The molecule has 2 N–H and O–H groups in total. The van der Waals surface area contributed by atoms with Gasteiger partial charge in [-0.2, -0.15) is 11.8 Å². The molecular formula is C12H20N2OS. The van der Waals surface area contributed by atoms with Crippen LogP contribution in [0, 0.1) is 0 Å². The number of rotatable bonds is 7. The van der Waals surface area contributed by atoms with Gasteiger partial charge in [-0.3, -0.25) is 4.98 Å². The third-order valence-electron chi connectivity index (χ3n) is 1.91. The van der Waals surface area contributed by atoms with Crippen LogP contribution < -0.4 is 5.32 Å². The van der Waals surface area contributed by atoms with E-state index < -0.39 is 5.60 Å². The second kappa shape index (κ2) is 6.89. The van der Waals surface area contributed by atoms with Crippen molar-refractivity contribution in [2.24, 2.45) is 0 Å². The van der Waals surface area contributed by atoms with Gasteiger partial charge in [0, 0.05) is 30.8 Å². The molecule has 0 radical (unpaired) electrons. The van der Waals surface area contributed by atoms with Gasteiger partial charge in [-0.05, 0) is 26.0 Å². The summed E-state index contributed by atoms with van der Waals surface area (Å²) in [4.78, 5) is 4.23. The van der Waals surface area contributed by atoms with E-state index in [1.54, 1.807) is 18.0 Å². The van der Waals surface area contributed by atoms with Gasteiger partial charge in [0.25, 0.3) is 0 Å². The number of thioether (sulfide) groups is 1. The van der Waals surface area contributed by atoms with Gasteiger partial charge < -0.3 is 10.4 Å². The van der Waals surface area contributed by atoms with Crippen molar-refractivity contribution in [3.8, 4) is 0 Å². The fraction of sp³-hybridized carbons (Fsp3) is 0.583. The first kappa shape index (κ1) is 13.5. The standard InChI is InChI=1S/C12H20N2OS/c1-12(2,15)10-16-8-7-13-9-11-5-3-4-6-14-11/h3-6,13,15H,7-10H2,1-2H3. The Labute approximate surface area is 102 Å². The third-order valence-corrected chi connectivity index (χ3v) is 3.31. The summed E-state index contributed by atoms with van der Waals surface area (Å²) in [6, 6.07) is 5.92. The summed E-state index contributed by atoms with van der Waals surface area (Å²) in [6.45, 7) is 5.42. The second-order valence-corrected chi connectivity index (χ2v) is 5.47. The number of pyridine rings is 1. The quantitative estimate of drug-likeness (QED) is 0.712. The number of nitrogens with zero attached hydrogens (tertiary/aromatic N) is 1. The normalized spacial score (nSPS) is 11.7. The van der Waals surface area contributed by atoms with Crippen LogP contribution in [0.3, 0.4) is 0 Å². The molecule has 0 bridgehead atoms. The fourth-order valence-corrected chi connectivity index (χ4v) is 2.12. The van der Waals surface area contributed by atoms with Gasteiger partial charge in [0.15, 0.2) is 0 Å². The molecule has 1 aromatic heterocycles. The number of nitrogens with one attached hydrogen (secondary N) is 1. The highest BCUT2D eigenvalue weighted by Crippen LogP contribution is 2.10. The van der Waals surface area contributed by atoms with Gasteiger partial charge in [0.2, 0.25) is 0 Å². The highest BCUT2D eigenvalue weighted by atomic mass is 32.2. The van der Waals surface area contributed by atoms with Crippen LogP contribution in [0.1, 0.15) is 19.5 Å². The van der Waals surface area contributed by atoms with Crippen molar-refractivity contribution in [1.29, 1.82) is 0 Å². The Morgan fingerprint density at radius 3 is 2.88 bits per heavy atom. The molecule has 0 atom stereocenters. The fourth-order valence-electron chi connectivity index (χ4n) is 1.19. The maximum Gasteiger partial charge on any atom is 0.0681 e. The Morgan fingerprint density at radius 2 is 2.25 bits per heavy atom. The first-order valence-corrected chi connectivity index (χ1v) is 6.64. The zero-order valence-electron chi connectivity index (χ0n) is 9.94. The van der Waals surface area contributed by atoms with Crippen LogP contribution in [0.25, 0.3) is 0 Å². The van der Waals surface area contributed by atoms with Crippen LogP contribution in [0.5, 0.6) is 0 Å². The lowest BCUT2D eigenvalue weighted by molar-refractivity contribution is 0.107. The molecule has 0 aromatic carbocycles. The van der Waals surface area contributed by atoms with Gasteiger partial charge in [-0.15, -0.1) is 0 Å². The van der Waals surface area contributed by atoms with Gasteiger partial charge in [0.1, 0.15) is 0 Å². The van der Waals surface area contributed by atoms with Crippen LogP contribution in [-0.4, -0.2) is 33.7 Å². The molecule has 90 valence electrons. The van der Waals surface area contributed by atoms with Crippen molar-refractivity contribution in [2.75, 3.05) is 18.1 Å². The van der Waals surface area contributed by atoms with E-state index in [4.69, 9.17) is 0 Å². The molecule has 0 aliphatic rings. The van der Waals surface area contributed by atoms with Gasteiger partial charge >= 0.3 is 0 Å². The number of hydrogen-bond donors (Lipinski definition) is 2. The molecule has 0 aliphatic heterocycles. The van der Waals surface area contributed by atoms with E-state index in [0.29, 0.717) is 0 Å². The Bertz CT molecular complexity index is 285. The van der Waals surface area contributed by atoms with Crippen LogP contribution in [0.15, 0.2) is 24.4 Å². The molecule has 0 spiro atoms. The van der Waals surface area contributed by atoms with Crippen LogP contribution >= 0.6 is 11.8 Å². The Hall–Kier alpha value is -0.580. The predicted octanol–water partition coefficient (Wildman–Crippen LogP) is 1.68. The maximum absolute atomic E-state index is 9.50. The van der Waals surface area contributed by atoms with Crippen molar-refractivity contribution in [3.63, 3.8) is 0 Å². The lowest BCUT2D eigenvalue weighted by Crippen LogP contribution is -2.23. The topological polar surface area (TPSA) is 45.1 Å². The van der Waals surface area contributed by atoms with Gasteiger partial charge in [-0.25, -0.2) is 0 Å². The Balaban J connectivity index is 2.01. The molecule has 0 saturated carbocycles. The minimum absolute atomic E-state index is 0.564. The number of hydrogen-bond acceptors (Lipinski definition) is 4. The van der Waals surface area contributed by atoms with E-state index in [-0.39, 0.29) is 0 Å². The molecule has 1 heterocycles. The molecule has 4 heteroatoms. The van der Waals surface area contributed by atoms with Crippen LogP contribution in [-0.2, 0) is 6.54 Å². The highest BCUT2D eigenvalue weighted by molar-refractivity contribution is 7.99. The average Bonchev–Trinajstić information content (AvgIpc) is 2.23. The molecule has 1 aromatic rings. The summed E-state index contributed by atoms with van der Waals surface area (Å²) in [6.07, 6.45) is 1.81. The van der Waals surface area contributed by atoms with Crippen molar-refractivity contribution < 1.29 is 5.11 Å². The Kier molecular flexibility index (Phi) is 5.80. The average molecular weight is 240 g/mol. The van der Waals surface area contributed by atoms with Crippen LogP contribution in [0.2, 0.25) is 0 Å². The molecule has 0 fully saturated rings. The predicted molar refractivity (Wildman–Crippen MR) is 69.6 cm³/mol. The van der Waals surface area contributed by atoms with E-state index in [2.05, 4.69) is 10.3 Å². The summed E-state index contributed by atoms with van der Waals surface area (Å²) in [5, 5.41) is 12.8. The Morgan fingerprint density at radius 1 is 1.44 bits per heavy atom. The van der Waals surface area contributed by atoms with Gasteiger partial charge in [0.05, 0.1) is 11.3 Å². The largest absolute Gasteiger partial charge is 0.390 e. The molecule has 0 unspecified atom stereocenters. The van der Waals surface area contributed by atoms with E-state index in [1.807, 2.05) is 32.0 Å². The SMILES string of the molecule is CC(C)(O)CSCCNCc1ccccn1. The van der Waals surface area contributed by atoms with Crippen molar-refractivity contribution >= 4 is 11.8 Å². The summed E-state index contributed by atoms with van der Waals surface area (Å²) in [5.41, 5.74) is 0.501. The zero-order valence-corrected chi connectivity index (χ0v) is 10.8. The first-order chi connectivity index (χ1) is 7.58. The van der Waals surface area contributed by atoms with E-state index in [1.165, 1.54) is 0 Å². The minimum atomic E-state index is -0.564.